The fourth-order valence-electron chi connectivity index (χ4n) is 1.27. The number of esters is 1. The van der Waals surface area contributed by atoms with E-state index in [1.165, 1.54) is 0 Å². The van der Waals surface area contributed by atoms with Crippen molar-refractivity contribution in [2.45, 2.75) is 6.42 Å². The third kappa shape index (κ3) is 1.26. The molecule has 2 rings (SSSR count). The highest BCUT2D eigenvalue weighted by Crippen LogP contribution is 2.24. The topological polar surface area (TPSA) is 58.9 Å². The Morgan fingerprint density at radius 2 is 2.15 bits per heavy atom. The molecule has 4 nitrogen and oxygen atoms in total. The standard InChI is InChI=1S/C9H7NO3/c11-9-5-7(10-12)6-3-1-2-4-8(6)13-9/h1-4,12H,5H2/b10-7-. The molecular weight excluding hydrogens is 170 g/mol. The van der Waals surface area contributed by atoms with E-state index in [1.807, 2.05) is 0 Å². The number of benzene rings is 1. The monoisotopic (exact) mass is 177 g/mol. The Labute approximate surface area is 74.4 Å². The molecule has 0 aromatic heterocycles. The van der Waals surface area contributed by atoms with E-state index < -0.39 is 5.97 Å². The van der Waals surface area contributed by atoms with Crippen LogP contribution in [-0.4, -0.2) is 16.9 Å². The van der Waals surface area contributed by atoms with Gasteiger partial charge in [0.05, 0.1) is 6.42 Å². The van der Waals surface area contributed by atoms with E-state index in [1.54, 1.807) is 24.3 Å². The average Bonchev–Trinajstić information content (AvgIpc) is 2.16. The zero-order valence-corrected chi connectivity index (χ0v) is 6.73. The molecule has 0 saturated heterocycles. The minimum Gasteiger partial charge on any atom is -0.426 e. The molecule has 0 amide bonds. The van der Waals surface area contributed by atoms with Crippen molar-refractivity contribution in [2.24, 2.45) is 5.16 Å². The summed E-state index contributed by atoms with van der Waals surface area (Å²) in [4.78, 5) is 11.0. The number of fused-ring (bicyclic) bond motifs is 1. The van der Waals surface area contributed by atoms with Crippen LogP contribution in [0.1, 0.15) is 12.0 Å². The third-order valence-corrected chi connectivity index (χ3v) is 1.85. The van der Waals surface area contributed by atoms with Crippen LogP contribution in [0.5, 0.6) is 5.75 Å². The molecule has 1 aliphatic rings. The lowest BCUT2D eigenvalue weighted by atomic mass is 10.0. The van der Waals surface area contributed by atoms with Gasteiger partial charge >= 0.3 is 5.97 Å². The first-order valence-electron chi connectivity index (χ1n) is 3.82. The molecule has 1 aliphatic heterocycles. The molecular formula is C9H7NO3. The minimum absolute atomic E-state index is 0.0213. The number of para-hydroxylation sites is 1. The molecule has 0 atom stereocenters. The molecule has 1 heterocycles. The highest BCUT2D eigenvalue weighted by Gasteiger charge is 2.22. The van der Waals surface area contributed by atoms with Crippen LogP contribution < -0.4 is 4.74 Å². The van der Waals surface area contributed by atoms with Crippen molar-refractivity contribution in [3.8, 4) is 5.75 Å². The number of oxime groups is 1. The Balaban J connectivity index is 2.55. The van der Waals surface area contributed by atoms with E-state index in [2.05, 4.69) is 5.16 Å². The van der Waals surface area contributed by atoms with Gasteiger partial charge in [0, 0.05) is 5.56 Å². The smallest absolute Gasteiger partial charge is 0.317 e. The molecule has 1 aromatic carbocycles. The lowest BCUT2D eigenvalue weighted by molar-refractivity contribution is -0.133. The molecule has 0 spiro atoms. The lowest BCUT2D eigenvalue weighted by Crippen LogP contribution is -2.21. The summed E-state index contributed by atoms with van der Waals surface area (Å²) in [6.45, 7) is 0. The van der Waals surface area contributed by atoms with E-state index in [0.717, 1.165) is 0 Å². The Bertz CT molecular complexity index is 384. The summed E-state index contributed by atoms with van der Waals surface area (Å²) in [6.07, 6.45) is 0.0213. The van der Waals surface area contributed by atoms with Gasteiger partial charge in [0.25, 0.3) is 0 Å². The molecule has 0 aliphatic carbocycles. The van der Waals surface area contributed by atoms with Crippen LogP contribution in [0.15, 0.2) is 29.4 Å². The number of hydrogen-bond acceptors (Lipinski definition) is 4. The number of rotatable bonds is 0. The van der Waals surface area contributed by atoms with Gasteiger partial charge in [0.1, 0.15) is 11.5 Å². The maximum Gasteiger partial charge on any atom is 0.317 e. The van der Waals surface area contributed by atoms with Crippen LogP contribution in [0, 0.1) is 0 Å². The van der Waals surface area contributed by atoms with E-state index in [9.17, 15) is 4.79 Å². The zero-order valence-electron chi connectivity index (χ0n) is 6.73. The number of hydrogen-bond donors (Lipinski definition) is 1. The Hall–Kier alpha value is -1.84. The first kappa shape index (κ1) is 7.79. The van der Waals surface area contributed by atoms with E-state index in [4.69, 9.17) is 9.94 Å². The van der Waals surface area contributed by atoms with Crippen LogP contribution in [0.25, 0.3) is 0 Å². The quantitative estimate of drug-likeness (QED) is 0.280. The van der Waals surface area contributed by atoms with Gasteiger partial charge in [-0.25, -0.2) is 0 Å². The first-order valence-corrected chi connectivity index (χ1v) is 3.82. The van der Waals surface area contributed by atoms with Gasteiger partial charge < -0.3 is 9.94 Å². The van der Waals surface area contributed by atoms with Gasteiger partial charge in [-0.2, -0.15) is 0 Å². The Morgan fingerprint density at radius 1 is 1.38 bits per heavy atom. The maximum absolute atomic E-state index is 11.0. The second kappa shape index (κ2) is 2.90. The summed E-state index contributed by atoms with van der Waals surface area (Å²) in [5.41, 5.74) is 1.02. The van der Waals surface area contributed by atoms with Crippen LogP contribution in [0.3, 0.4) is 0 Å². The Kier molecular flexibility index (Phi) is 1.73. The van der Waals surface area contributed by atoms with Crippen molar-refractivity contribution < 1.29 is 14.7 Å². The summed E-state index contributed by atoms with van der Waals surface area (Å²) >= 11 is 0. The largest absolute Gasteiger partial charge is 0.426 e. The molecule has 0 fully saturated rings. The van der Waals surface area contributed by atoms with Gasteiger partial charge in [-0.05, 0) is 12.1 Å². The van der Waals surface area contributed by atoms with E-state index in [0.29, 0.717) is 17.0 Å². The van der Waals surface area contributed by atoms with Gasteiger partial charge in [-0.3, -0.25) is 4.79 Å². The predicted molar refractivity (Wildman–Crippen MR) is 45.0 cm³/mol. The highest BCUT2D eigenvalue weighted by atomic mass is 16.5. The summed E-state index contributed by atoms with van der Waals surface area (Å²) in [7, 11) is 0. The fraction of sp³-hybridized carbons (Fsp3) is 0.111. The molecule has 66 valence electrons. The molecule has 1 aromatic rings. The van der Waals surface area contributed by atoms with Crippen LogP contribution in [0.4, 0.5) is 0 Å². The second-order valence-electron chi connectivity index (χ2n) is 2.69. The average molecular weight is 177 g/mol. The second-order valence-corrected chi connectivity index (χ2v) is 2.69. The van der Waals surface area contributed by atoms with Crippen molar-refractivity contribution >= 4 is 11.7 Å². The SMILES string of the molecule is O=C1C/C(=N/O)c2ccccc2O1. The van der Waals surface area contributed by atoms with E-state index >= 15 is 0 Å². The zero-order chi connectivity index (χ0) is 9.26. The van der Waals surface area contributed by atoms with Gasteiger partial charge in [0.15, 0.2) is 0 Å². The summed E-state index contributed by atoms with van der Waals surface area (Å²) in [5, 5.41) is 11.7. The van der Waals surface area contributed by atoms with Crippen molar-refractivity contribution in [3.05, 3.63) is 29.8 Å². The van der Waals surface area contributed by atoms with Crippen LogP contribution in [-0.2, 0) is 4.79 Å². The van der Waals surface area contributed by atoms with Crippen LogP contribution in [0.2, 0.25) is 0 Å². The Morgan fingerprint density at radius 3 is 2.92 bits per heavy atom. The van der Waals surface area contributed by atoms with Crippen molar-refractivity contribution in [1.29, 1.82) is 0 Å². The lowest BCUT2D eigenvalue weighted by Gasteiger charge is -2.15. The number of ether oxygens (including phenoxy) is 1. The van der Waals surface area contributed by atoms with Crippen molar-refractivity contribution in [3.63, 3.8) is 0 Å². The molecule has 0 saturated carbocycles. The number of carbonyl (C=O) groups is 1. The van der Waals surface area contributed by atoms with Crippen LogP contribution >= 0.6 is 0 Å². The molecule has 0 unspecified atom stereocenters. The molecule has 1 N–H and O–H groups in total. The predicted octanol–water partition coefficient (Wildman–Crippen LogP) is 1.17. The van der Waals surface area contributed by atoms with Gasteiger partial charge in [0.2, 0.25) is 0 Å². The maximum atomic E-state index is 11.0. The van der Waals surface area contributed by atoms with Crippen molar-refractivity contribution in [2.75, 3.05) is 0 Å². The normalized spacial score (nSPS) is 18.2. The first-order chi connectivity index (χ1) is 6.31. The van der Waals surface area contributed by atoms with Gasteiger partial charge in [-0.1, -0.05) is 17.3 Å². The molecule has 13 heavy (non-hydrogen) atoms. The summed E-state index contributed by atoms with van der Waals surface area (Å²) in [5.74, 6) is 0.0538. The summed E-state index contributed by atoms with van der Waals surface area (Å²) in [6, 6.07) is 6.96. The fourth-order valence-corrected chi connectivity index (χ4v) is 1.27. The third-order valence-electron chi connectivity index (χ3n) is 1.85. The molecule has 4 heteroatoms. The number of nitrogens with zero attached hydrogens (tertiary/aromatic N) is 1. The molecule has 0 radical (unpaired) electrons. The number of carbonyl (C=O) groups excluding carboxylic acids is 1. The highest BCUT2D eigenvalue weighted by molar-refractivity contribution is 6.13. The molecule has 0 bridgehead atoms. The van der Waals surface area contributed by atoms with Crippen molar-refractivity contribution in [1.82, 2.24) is 0 Å². The van der Waals surface area contributed by atoms with E-state index in [-0.39, 0.29) is 6.42 Å². The van der Waals surface area contributed by atoms with Gasteiger partial charge in [-0.15, -0.1) is 0 Å². The summed E-state index contributed by atoms with van der Waals surface area (Å²) < 4.78 is 4.93. The minimum atomic E-state index is -0.397.